The zero-order valence-electron chi connectivity index (χ0n) is 9.08. The van der Waals surface area contributed by atoms with Crippen molar-refractivity contribution in [2.24, 2.45) is 5.92 Å². The molecule has 14 heavy (non-hydrogen) atoms. The van der Waals surface area contributed by atoms with Gasteiger partial charge in [-0.1, -0.05) is 19.1 Å². The molecule has 3 nitrogen and oxygen atoms in total. The van der Waals surface area contributed by atoms with Gasteiger partial charge in [-0.2, -0.15) is 0 Å². The molecule has 3 atom stereocenters. The fraction of sp³-hybridized carbons (Fsp3) is 0.727. The van der Waals surface area contributed by atoms with Crippen LogP contribution >= 0.6 is 0 Å². The van der Waals surface area contributed by atoms with Gasteiger partial charge in [0.15, 0.2) is 0 Å². The van der Waals surface area contributed by atoms with E-state index in [9.17, 15) is 4.79 Å². The minimum absolute atomic E-state index is 0.0545. The lowest BCUT2D eigenvalue weighted by atomic mass is 9.89. The summed E-state index contributed by atoms with van der Waals surface area (Å²) in [5.41, 5.74) is 1.16. The molecule has 0 aliphatic carbocycles. The Bertz CT molecular complexity index is 233. The van der Waals surface area contributed by atoms with E-state index in [1.165, 1.54) is 7.11 Å². The average molecular weight is 198 g/mol. The lowest BCUT2D eigenvalue weighted by Gasteiger charge is -2.34. The molecule has 0 radical (unpaired) electrons. The van der Waals surface area contributed by atoms with Gasteiger partial charge in [0, 0.05) is 5.92 Å². The van der Waals surface area contributed by atoms with Crippen LogP contribution in [0, 0.1) is 5.92 Å². The number of ether oxygens (including phenoxy) is 2. The van der Waals surface area contributed by atoms with Crippen molar-refractivity contribution in [3.8, 4) is 0 Å². The predicted molar refractivity (Wildman–Crippen MR) is 53.9 cm³/mol. The number of hydrogen-bond donors (Lipinski definition) is 0. The maximum absolute atomic E-state index is 11.0. The summed E-state index contributed by atoms with van der Waals surface area (Å²) in [6, 6.07) is 0. The minimum atomic E-state index is -0.218. The van der Waals surface area contributed by atoms with E-state index in [0.717, 1.165) is 12.0 Å². The van der Waals surface area contributed by atoms with Crippen molar-refractivity contribution in [2.75, 3.05) is 7.11 Å². The van der Waals surface area contributed by atoms with Crippen LogP contribution in [0.5, 0.6) is 0 Å². The molecule has 0 amide bonds. The number of methoxy groups -OCH3 is 1. The average Bonchev–Trinajstić information content (AvgIpc) is 2.14. The first kappa shape index (κ1) is 11.2. The van der Waals surface area contributed by atoms with Crippen LogP contribution < -0.4 is 0 Å². The van der Waals surface area contributed by atoms with Gasteiger partial charge in [-0.15, -0.1) is 0 Å². The molecule has 0 aromatic heterocycles. The zero-order valence-corrected chi connectivity index (χ0v) is 9.08. The molecular formula is C11H18O3. The monoisotopic (exact) mass is 198 g/mol. The van der Waals surface area contributed by atoms with Crippen LogP contribution in [-0.4, -0.2) is 25.3 Å². The van der Waals surface area contributed by atoms with Crippen LogP contribution in [0.1, 0.15) is 26.7 Å². The van der Waals surface area contributed by atoms with Crippen LogP contribution in [0.15, 0.2) is 12.2 Å². The van der Waals surface area contributed by atoms with Gasteiger partial charge in [0.25, 0.3) is 0 Å². The first-order valence-electron chi connectivity index (χ1n) is 4.94. The second-order valence-corrected chi connectivity index (χ2v) is 3.89. The van der Waals surface area contributed by atoms with Gasteiger partial charge in [0.1, 0.15) is 0 Å². The van der Waals surface area contributed by atoms with E-state index in [1.54, 1.807) is 0 Å². The van der Waals surface area contributed by atoms with E-state index in [0.29, 0.717) is 12.3 Å². The number of esters is 1. The Morgan fingerprint density at radius 1 is 1.64 bits per heavy atom. The fourth-order valence-electron chi connectivity index (χ4n) is 1.67. The quantitative estimate of drug-likeness (QED) is 0.502. The highest BCUT2D eigenvalue weighted by molar-refractivity contribution is 5.69. The third-order valence-electron chi connectivity index (χ3n) is 2.87. The molecule has 0 bridgehead atoms. The Morgan fingerprint density at radius 2 is 2.29 bits per heavy atom. The Morgan fingerprint density at radius 3 is 2.79 bits per heavy atom. The molecule has 1 rings (SSSR count). The Kier molecular flexibility index (Phi) is 3.69. The number of carbonyl (C=O) groups excluding carboxylic acids is 1. The summed E-state index contributed by atoms with van der Waals surface area (Å²) in [5, 5.41) is 0. The standard InChI is InChI=1S/C11H18O3/c1-7-5-10(6-11(12)13-4)14-9(3)8(7)2/h8-10H,1,5-6H2,2-4H3. The van der Waals surface area contributed by atoms with Gasteiger partial charge in [-0.05, 0) is 13.3 Å². The van der Waals surface area contributed by atoms with Gasteiger partial charge in [0.05, 0.1) is 25.7 Å². The van der Waals surface area contributed by atoms with Gasteiger partial charge < -0.3 is 9.47 Å². The number of carbonyl (C=O) groups is 1. The first-order chi connectivity index (χ1) is 6.54. The normalized spacial score (nSPS) is 32.8. The highest BCUT2D eigenvalue weighted by Crippen LogP contribution is 2.29. The summed E-state index contributed by atoms with van der Waals surface area (Å²) in [6.45, 7) is 8.11. The molecule has 80 valence electrons. The van der Waals surface area contributed by atoms with Crippen LogP contribution in [0.2, 0.25) is 0 Å². The fourth-order valence-corrected chi connectivity index (χ4v) is 1.67. The highest BCUT2D eigenvalue weighted by Gasteiger charge is 2.29. The molecule has 1 aliphatic rings. The van der Waals surface area contributed by atoms with Crippen molar-refractivity contribution in [3.05, 3.63) is 12.2 Å². The number of hydrogen-bond acceptors (Lipinski definition) is 3. The van der Waals surface area contributed by atoms with Crippen LogP contribution in [-0.2, 0) is 14.3 Å². The number of rotatable bonds is 2. The van der Waals surface area contributed by atoms with Gasteiger partial charge in [-0.3, -0.25) is 4.79 Å². The molecule has 3 unspecified atom stereocenters. The lowest BCUT2D eigenvalue weighted by molar-refractivity contribution is -0.146. The van der Waals surface area contributed by atoms with Crippen molar-refractivity contribution in [1.82, 2.24) is 0 Å². The Labute approximate surface area is 85.1 Å². The van der Waals surface area contributed by atoms with E-state index < -0.39 is 0 Å². The van der Waals surface area contributed by atoms with Crippen molar-refractivity contribution < 1.29 is 14.3 Å². The summed E-state index contributed by atoms with van der Waals surface area (Å²) in [6.07, 6.45) is 1.18. The topological polar surface area (TPSA) is 35.5 Å². The van der Waals surface area contributed by atoms with Crippen molar-refractivity contribution in [2.45, 2.75) is 38.9 Å². The van der Waals surface area contributed by atoms with Crippen LogP contribution in [0.25, 0.3) is 0 Å². The highest BCUT2D eigenvalue weighted by atomic mass is 16.5. The first-order valence-corrected chi connectivity index (χ1v) is 4.94. The smallest absolute Gasteiger partial charge is 0.308 e. The summed E-state index contributed by atoms with van der Waals surface area (Å²) < 4.78 is 10.3. The third kappa shape index (κ3) is 2.58. The maximum Gasteiger partial charge on any atom is 0.308 e. The summed E-state index contributed by atoms with van der Waals surface area (Å²) >= 11 is 0. The van der Waals surface area contributed by atoms with Crippen molar-refractivity contribution in [3.63, 3.8) is 0 Å². The van der Waals surface area contributed by atoms with Gasteiger partial charge in [0.2, 0.25) is 0 Å². The Hall–Kier alpha value is -0.830. The van der Waals surface area contributed by atoms with Crippen LogP contribution in [0.4, 0.5) is 0 Å². The maximum atomic E-state index is 11.0. The van der Waals surface area contributed by atoms with E-state index in [4.69, 9.17) is 4.74 Å². The molecule has 0 N–H and O–H groups in total. The van der Waals surface area contributed by atoms with E-state index in [-0.39, 0.29) is 18.2 Å². The van der Waals surface area contributed by atoms with Crippen LogP contribution in [0.3, 0.4) is 0 Å². The molecule has 0 aromatic carbocycles. The molecule has 1 fully saturated rings. The second-order valence-electron chi connectivity index (χ2n) is 3.89. The largest absolute Gasteiger partial charge is 0.469 e. The van der Waals surface area contributed by atoms with E-state index in [2.05, 4.69) is 18.2 Å². The van der Waals surface area contributed by atoms with Gasteiger partial charge >= 0.3 is 5.97 Å². The lowest BCUT2D eigenvalue weighted by Crippen LogP contribution is -2.34. The molecular weight excluding hydrogens is 180 g/mol. The van der Waals surface area contributed by atoms with Crippen molar-refractivity contribution >= 4 is 5.97 Å². The molecule has 1 heterocycles. The zero-order chi connectivity index (χ0) is 10.7. The molecule has 1 saturated heterocycles. The molecule has 0 spiro atoms. The van der Waals surface area contributed by atoms with E-state index >= 15 is 0 Å². The minimum Gasteiger partial charge on any atom is -0.469 e. The molecule has 0 aromatic rings. The predicted octanol–water partition coefficient (Wildman–Crippen LogP) is 1.92. The Balaban J connectivity index is 2.50. The second kappa shape index (κ2) is 4.60. The summed E-state index contributed by atoms with van der Waals surface area (Å²) in [7, 11) is 1.39. The third-order valence-corrected chi connectivity index (χ3v) is 2.87. The van der Waals surface area contributed by atoms with E-state index in [1.807, 2.05) is 6.92 Å². The summed E-state index contributed by atoms with van der Waals surface area (Å²) in [4.78, 5) is 11.0. The van der Waals surface area contributed by atoms with Crippen molar-refractivity contribution in [1.29, 1.82) is 0 Å². The molecule has 0 saturated carbocycles. The summed E-state index contributed by atoms with van der Waals surface area (Å²) in [5.74, 6) is 0.161. The molecule has 3 heteroatoms. The SMILES string of the molecule is C=C1CC(CC(=O)OC)OC(C)C1C. The van der Waals surface area contributed by atoms with Gasteiger partial charge in [-0.25, -0.2) is 0 Å². The molecule has 1 aliphatic heterocycles.